The van der Waals surface area contributed by atoms with E-state index in [1.165, 1.54) is 4.90 Å². The second kappa shape index (κ2) is 4.48. The summed E-state index contributed by atoms with van der Waals surface area (Å²) >= 11 is 0. The highest BCUT2D eigenvalue weighted by molar-refractivity contribution is 6.11. The van der Waals surface area contributed by atoms with Gasteiger partial charge in [0.2, 0.25) is 11.8 Å². The van der Waals surface area contributed by atoms with Crippen molar-refractivity contribution >= 4 is 23.4 Å². The molecule has 1 saturated heterocycles. The standard InChI is InChI=1S/C14H18N2O4/c1-15(2)6-16-13(19)9-3-7-8(4-10(9)14(16)20)12(18)5-11(7)17/h7-10H,3-6H2,1-2H3. The number of imide groups is 1. The van der Waals surface area contributed by atoms with Crippen molar-refractivity contribution in [2.75, 3.05) is 20.8 Å². The second-order valence-electron chi connectivity index (χ2n) is 6.33. The van der Waals surface area contributed by atoms with Crippen LogP contribution in [0, 0.1) is 23.7 Å². The summed E-state index contributed by atoms with van der Waals surface area (Å²) in [5.74, 6) is -1.94. The Morgan fingerprint density at radius 2 is 1.35 bits per heavy atom. The minimum absolute atomic E-state index is 0.0153. The average Bonchev–Trinajstić information content (AvgIpc) is 2.78. The van der Waals surface area contributed by atoms with Crippen molar-refractivity contribution < 1.29 is 19.2 Å². The molecule has 20 heavy (non-hydrogen) atoms. The van der Waals surface area contributed by atoms with Crippen LogP contribution in [0.2, 0.25) is 0 Å². The number of likely N-dealkylation sites (tertiary alicyclic amines) is 1. The molecule has 2 amide bonds. The third-order valence-electron chi connectivity index (χ3n) is 4.75. The number of carbonyl (C=O) groups excluding carboxylic acids is 4. The van der Waals surface area contributed by atoms with Crippen molar-refractivity contribution in [2.45, 2.75) is 19.3 Å². The Hall–Kier alpha value is -1.56. The molecule has 3 aliphatic rings. The molecule has 2 aliphatic carbocycles. The van der Waals surface area contributed by atoms with Crippen LogP contribution >= 0.6 is 0 Å². The van der Waals surface area contributed by atoms with Crippen LogP contribution in [0.15, 0.2) is 0 Å². The Morgan fingerprint density at radius 1 is 0.900 bits per heavy atom. The molecule has 2 saturated carbocycles. The molecule has 0 N–H and O–H groups in total. The van der Waals surface area contributed by atoms with Gasteiger partial charge in [-0.25, -0.2) is 0 Å². The zero-order valence-corrected chi connectivity index (χ0v) is 11.7. The fraction of sp³-hybridized carbons (Fsp3) is 0.714. The summed E-state index contributed by atoms with van der Waals surface area (Å²) in [6.45, 7) is 0.266. The molecule has 1 aliphatic heterocycles. The van der Waals surface area contributed by atoms with Gasteiger partial charge in [0.1, 0.15) is 11.6 Å². The van der Waals surface area contributed by atoms with E-state index in [-0.39, 0.29) is 48.3 Å². The van der Waals surface area contributed by atoms with Crippen molar-refractivity contribution in [3.8, 4) is 0 Å². The molecular weight excluding hydrogens is 260 g/mol. The summed E-state index contributed by atoms with van der Waals surface area (Å²) in [6, 6.07) is 0. The van der Waals surface area contributed by atoms with Crippen LogP contribution < -0.4 is 0 Å². The molecule has 4 atom stereocenters. The lowest BCUT2D eigenvalue weighted by Crippen LogP contribution is -2.38. The third kappa shape index (κ3) is 1.82. The smallest absolute Gasteiger partial charge is 0.234 e. The quantitative estimate of drug-likeness (QED) is 0.511. The Kier molecular flexibility index (Phi) is 3.01. The van der Waals surface area contributed by atoms with Crippen molar-refractivity contribution in [3.05, 3.63) is 0 Å². The lowest BCUT2D eigenvalue weighted by Gasteiger charge is -2.29. The number of rotatable bonds is 2. The van der Waals surface area contributed by atoms with E-state index in [1.54, 1.807) is 19.0 Å². The Morgan fingerprint density at radius 3 is 1.75 bits per heavy atom. The zero-order valence-electron chi connectivity index (χ0n) is 11.7. The van der Waals surface area contributed by atoms with Gasteiger partial charge in [0.25, 0.3) is 0 Å². The minimum atomic E-state index is -0.404. The first-order valence-electron chi connectivity index (χ1n) is 6.95. The number of Topliss-reactive ketones (excluding diaryl/α,β-unsaturated/α-hetero) is 2. The molecular formula is C14H18N2O4. The number of nitrogens with zero attached hydrogens (tertiary/aromatic N) is 2. The highest BCUT2D eigenvalue weighted by Crippen LogP contribution is 2.47. The second-order valence-corrected chi connectivity index (χ2v) is 6.33. The summed E-state index contributed by atoms with van der Waals surface area (Å²) in [5, 5.41) is 0. The monoisotopic (exact) mass is 278 g/mol. The van der Waals surface area contributed by atoms with Crippen molar-refractivity contribution in [1.82, 2.24) is 9.80 Å². The molecule has 3 fully saturated rings. The van der Waals surface area contributed by atoms with Crippen LogP contribution in [0.3, 0.4) is 0 Å². The van der Waals surface area contributed by atoms with Gasteiger partial charge >= 0.3 is 0 Å². The van der Waals surface area contributed by atoms with Gasteiger partial charge in [0.15, 0.2) is 0 Å². The van der Waals surface area contributed by atoms with Crippen LogP contribution in [0.1, 0.15) is 19.3 Å². The molecule has 4 unspecified atom stereocenters. The normalized spacial score (nSPS) is 36.9. The predicted octanol–water partition coefficient (Wildman–Crippen LogP) is -0.325. The lowest BCUT2D eigenvalue weighted by molar-refractivity contribution is -0.141. The van der Waals surface area contributed by atoms with Crippen LogP contribution in [0.5, 0.6) is 0 Å². The van der Waals surface area contributed by atoms with E-state index in [4.69, 9.17) is 0 Å². The summed E-state index contributed by atoms with van der Waals surface area (Å²) in [4.78, 5) is 51.4. The maximum atomic E-state index is 12.3. The van der Waals surface area contributed by atoms with Crippen LogP contribution in [0.25, 0.3) is 0 Å². The van der Waals surface area contributed by atoms with Crippen LogP contribution in [-0.4, -0.2) is 53.9 Å². The molecule has 6 nitrogen and oxygen atoms in total. The molecule has 0 aromatic carbocycles. The number of hydrogen-bond donors (Lipinski definition) is 0. The average molecular weight is 278 g/mol. The topological polar surface area (TPSA) is 74.8 Å². The van der Waals surface area contributed by atoms with E-state index < -0.39 is 11.8 Å². The summed E-state index contributed by atoms with van der Waals surface area (Å²) in [7, 11) is 3.59. The Labute approximate surface area is 117 Å². The Bertz CT molecular complexity index is 473. The third-order valence-corrected chi connectivity index (χ3v) is 4.75. The van der Waals surface area contributed by atoms with Gasteiger partial charge in [0, 0.05) is 11.8 Å². The van der Waals surface area contributed by atoms with E-state index in [1.807, 2.05) is 0 Å². The van der Waals surface area contributed by atoms with Crippen molar-refractivity contribution in [3.63, 3.8) is 0 Å². The molecule has 6 heteroatoms. The molecule has 108 valence electrons. The lowest BCUT2D eigenvalue weighted by atomic mass is 9.70. The fourth-order valence-electron chi connectivity index (χ4n) is 3.83. The largest absolute Gasteiger partial charge is 0.299 e. The molecule has 0 aromatic rings. The van der Waals surface area contributed by atoms with E-state index in [9.17, 15) is 19.2 Å². The summed E-state index contributed by atoms with van der Waals surface area (Å²) in [6.07, 6.45) is 0.724. The number of hydrogen-bond acceptors (Lipinski definition) is 5. The maximum Gasteiger partial charge on any atom is 0.234 e. The number of amides is 2. The molecule has 0 bridgehead atoms. The van der Waals surface area contributed by atoms with Gasteiger partial charge in [-0.3, -0.25) is 29.0 Å². The summed E-state index contributed by atoms with van der Waals surface area (Å²) < 4.78 is 0. The number of ketones is 2. The first kappa shape index (κ1) is 13.4. The van der Waals surface area contributed by atoms with Gasteiger partial charge in [-0.05, 0) is 26.9 Å². The van der Waals surface area contributed by atoms with Gasteiger partial charge in [-0.2, -0.15) is 0 Å². The van der Waals surface area contributed by atoms with Gasteiger partial charge in [0.05, 0.1) is 24.9 Å². The molecule has 0 radical (unpaired) electrons. The number of fused-ring (bicyclic) bond motifs is 2. The highest BCUT2D eigenvalue weighted by atomic mass is 16.2. The Balaban J connectivity index is 1.85. The molecule has 3 rings (SSSR count). The van der Waals surface area contributed by atoms with Gasteiger partial charge < -0.3 is 0 Å². The van der Waals surface area contributed by atoms with E-state index >= 15 is 0 Å². The summed E-state index contributed by atoms with van der Waals surface area (Å²) in [5.41, 5.74) is 0. The number of carbonyl (C=O) groups is 4. The van der Waals surface area contributed by atoms with Gasteiger partial charge in [-0.15, -0.1) is 0 Å². The predicted molar refractivity (Wildman–Crippen MR) is 68.2 cm³/mol. The highest BCUT2D eigenvalue weighted by Gasteiger charge is 2.57. The molecule has 1 heterocycles. The van der Waals surface area contributed by atoms with E-state index in [0.717, 1.165) is 0 Å². The minimum Gasteiger partial charge on any atom is -0.299 e. The van der Waals surface area contributed by atoms with Crippen LogP contribution in [0.4, 0.5) is 0 Å². The fourth-order valence-corrected chi connectivity index (χ4v) is 3.83. The van der Waals surface area contributed by atoms with Crippen molar-refractivity contribution in [1.29, 1.82) is 0 Å². The molecule has 0 spiro atoms. The van der Waals surface area contributed by atoms with E-state index in [2.05, 4.69) is 0 Å². The zero-order chi connectivity index (χ0) is 14.6. The first-order chi connectivity index (χ1) is 9.40. The van der Waals surface area contributed by atoms with Crippen LogP contribution in [-0.2, 0) is 19.2 Å². The molecule has 0 aromatic heterocycles. The maximum absolute atomic E-state index is 12.3. The first-order valence-corrected chi connectivity index (χ1v) is 6.95. The van der Waals surface area contributed by atoms with Gasteiger partial charge in [-0.1, -0.05) is 0 Å². The SMILES string of the molecule is CN(C)CN1C(=O)C2CC3C(=O)CC(=O)C3CC2C1=O. The van der Waals surface area contributed by atoms with E-state index in [0.29, 0.717) is 12.8 Å². The van der Waals surface area contributed by atoms with Crippen molar-refractivity contribution in [2.24, 2.45) is 23.7 Å².